The minimum atomic E-state index is -3.72. The van der Waals surface area contributed by atoms with Crippen molar-refractivity contribution < 1.29 is 18.3 Å². The fourth-order valence-corrected chi connectivity index (χ4v) is 3.22. The summed E-state index contributed by atoms with van der Waals surface area (Å²) in [6, 6.07) is 3.35. The molecule has 3 N–H and O–H groups in total. The van der Waals surface area contributed by atoms with Crippen LogP contribution in [0.15, 0.2) is 29.4 Å². The third kappa shape index (κ3) is 3.79. The summed E-state index contributed by atoms with van der Waals surface area (Å²) in [5.41, 5.74) is -0.669. The maximum absolute atomic E-state index is 12.3. The quantitative estimate of drug-likeness (QED) is 0.695. The molecule has 8 heteroatoms. The number of H-pyrrole nitrogens is 1. The predicted molar refractivity (Wildman–Crippen MR) is 78.4 cm³/mol. The van der Waals surface area contributed by atoms with Gasteiger partial charge in [-0.3, -0.25) is 0 Å². The van der Waals surface area contributed by atoms with E-state index >= 15 is 0 Å². The van der Waals surface area contributed by atoms with Crippen molar-refractivity contribution in [3.63, 3.8) is 0 Å². The Morgan fingerprint density at radius 1 is 1.52 bits per heavy atom. The van der Waals surface area contributed by atoms with Crippen molar-refractivity contribution in [1.82, 2.24) is 14.7 Å². The monoisotopic (exact) mass is 313 g/mol. The molecule has 0 aromatic carbocycles. The molecule has 0 fully saturated rings. The summed E-state index contributed by atoms with van der Waals surface area (Å²) in [5, 5.41) is 10.6. The standard InChI is InChI=1S/C13H19N3O4S/c1-13(17,5-7-20-2)9-16-21(18,19)11-8-15-12-10(11)4-3-6-14-12/h3-4,6,8,16-17H,5,7,9H2,1-2H3,(H,14,15). The number of fused-ring (bicyclic) bond motifs is 1. The Hall–Kier alpha value is -1.48. The van der Waals surface area contributed by atoms with E-state index < -0.39 is 15.6 Å². The van der Waals surface area contributed by atoms with E-state index in [4.69, 9.17) is 4.74 Å². The van der Waals surface area contributed by atoms with Crippen LogP contribution in [0.3, 0.4) is 0 Å². The van der Waals surface area contributed by atoms with E-state index in [1.165, 1.54) is 13.3 Å². The molecule has 0 bridgehead atoms. The maximum Gasteiger partial charge on any atom is 0.242 e. The largest absolute Gasteiger partial charge is 0.389 e. The predicted octanol–water partition coefficient (Wildman–Crippen LogP) is 0.629. The molecule has 0 aliphatic heterocycles. The molecule has 21 heavy (non-hydrogen) atoms. The van der Waals surface area contributed by atoms with E-state index in [-0.39, 0.29) is 11.4 Å². The number of aromatic amines is 1. The number of hydrogen-bond acceptors (Lipinski definition) is 5. The Bertz CT molecular complexity index is 709. The molecule has 116 valence electrons. The second kappa shape index (κ2) is 6.10. The highest BCUT2D eigenvalue weighted by atomic mass is 32.2. The van der Waals surface area contributed by atoms with Gasteiger partial charge >= 0.3 is 0 Å². The first kappa shape index (κ1) is 15.9. The Morgan fingerprint density at radius 3 is 3.00 bits per heavy atom. The van der Waals surface area contributed by atoms with E-state index in [0.717, 1.165) is 0 Å². The van der Waals surface area contributed by atoms with Crippen molar-refractivity contribution in [2.24, 2.45) is 0 Å². The second-order valence-corrected chi connectivity index (χ2v) is 6.85. The second-order valence-electron chi connectivity index (χ2n) is 5.12. The van der Waals surface area contributed by atoms with Crippen LogP contribution in [0.4, 0.5) is 0 Å². The number of aromatic nitrogens is 2. The van der Waals surface area contributed by atoms with Crippen LogP contribution in [0.2, 0.25) is 0 Å². The number of methoxy groups -OCH3 is 1. The molecular weight excluding hydrogens is 294 g/mol. The van der Waals surface area contributed by atoms with Crippen LogP contribution in [-0.2, 0) is 14.8 Å². The number of pyridine rings is 1. The lowest BCUT2D eigenvalue weighted by molar-refractivity contribution is 0.0292. The van der Waals surface area contributed by atoms with Crippen LogP contribution < -0.4 is 4.72 Å². The fourth-order valence-electron chi connectivity index (χ4n) is 1.89. The fraction of sp³-hybridized carbons (Fsp3) is 0.462. The number of sulfonamides is 1. The molecule has 0 saturated carbocycles. The van der Waals surface area contributed by atoms with Gasteiger partial charge in [0.1, 0.15) is 10.5 Å². The van der Waals surface area contributed by atoms with Crippen molar-refractivity contribution in [2.75, 3.05) is 20.3 Å². The molecule has 0 saturated heterocycles. The molecule has 7 nitrogen and oxygen atoms in total. The molecule has 2 aromatic rings. The number of rotatable bonds is 7. The first-order chi connectivity index (χ1) is 9.86. The number of nitrogens with one attached hydrogen (secondary N) is 2. The van der Waals surface area contributed by atoms with Crippen LogP contribution >= 0.6 is 0 Å². The van der Waals surface area contributed by atoms with E-state index in [1.54, 1.807) is 25.3 Å². The van der Waals surface area contributed by atoms with Crippen LogP contribution in [0.5, 0.6) is 0 Å². The van der Waals surface area contributed by atoms with Gasteiger partial charge in [0, 0.05) is 44.5 Å². The van der Waals surface area contributed by atoms with Crippen LogP contribution in [0.25, 0.3) is 11.0 Å². The van der Waals surface area contributed by atoms with Gasteiger partial charge in [0.15, 0.2) is 0 Å². The average molecular weight is 313 g/mol. The topological polar surface area (TPSA) is 104 Å². The molecule has 1 unspecified atom stereocenters. The molecule has 1 atom stereocenters. The Morgan fingerprint density at radius 2 is 2.29 bits per heavy atom. The van der Waals surface area contributed by atoms with Gasteiger partial charge in [-0.25, -0.2) is 18.1 Å². The highest BCUT2D eigenvalue weighted by Crippen LogP contribution is 2.21. The highest BCUT2D eigenvalue weighted by Gasteiger charge is 2.25. The van der Waals surface area contributed by atoms with Crippen LogP contribution in [0, 0.1) is 0 Å². The molecule has 0 spiro atoms. The minimum Gasteiger partial charge on any atom is -0.389 e. The van der Waals surface area contributed by atoms with Gasteiger partial charge in [-0.05, 0) is 19.1 Å². The van der Waals surface area contributed by atoms with E-state index in [1.807, 2.05) is 0 Å². The molecule has 0 amide bonds. The Balaban J connectivity index is 2.16. The van der Waals surface area contributed by atoms with E-state index in [9.17, 15) is 13.5 Å². The molecule has 2 rings (SSSR count). The summed E-state index contributed by atoms with van der Waals surface area (Å²) in [4.78, 5) is 6.98. The first-order valence-electron chi connectivity index (χ1n) is 6.49. The SMILES string of the molecule is COCCC(C)(O)CNS(=O)(=O)c1c[nH]c2ncccc12. The zero-order valence-electron chi connectivity index (χ0n) is 12.0. The smallest absolute Gasteiger partial charge is 0.242 e. The summed E-state index contributed by atoms with van der Waals surface area (Å²) in [7, 11) is -2.20. The Labute approximate surface area is 123 Å². The minimum absolute atomic E-state index is 0.0916. The molecule has 0 aliphatic carbocycles. The molecule has 2 aromatic heterocycles. The van der Waals surface area contributed by atoms with Gasteiger partial charge in [0.2, 0.25) is 10.0 Å². The van der Waals surface area contributed by atoms with Crippen LogP contribution in [0.1, 0.15) is 13.3 Å². The summed E-state index contributed by atoms with van der Waals surface area (Å²) >= 11 is 0. The van der Waals surface area contributed by atoms with E-state index in [2.05, 4.69) is 14.7 Å². The molecule has 0 radical (unpaired) electrons. The zero-order valence-corrected chi connectivity index (χ0v) is 12.8. The number of hydrogen-bond donors (Lipinski definition) is 3. The number of aliphatic hydroxyl groups is 1. The van der Waals surface area contributed by atoms with E-state index in [0.29, 0.717) is 24.1 Å². The lowest BCUT2D eigenvalue weighted by Crippen LogP contribution is -2.41. The van der Waals surface area contributed by atoms with Crippen molar-refractivity contribution in [3.05, 3.63) is 24.5 Å². The van der Waals surface area contributed by atoms with Crippen LogP contribution in [-0.4, -0.2) is 49.4 Å². The molecular formula is C13H19N3O4S. The van der Waals surface area contributed by atoms with Crippen molar-refractivity contribution in [3.8, 4) is 0 Å². The molecule has 0 aliphatic rings. The number of nitrogens with zero attached hydrogens (tertiary/aromatic N) is 1. The summed E-state index contributed by atoms with van der Waals surface area (Å²) in [5.74, 6) is 0. The van der Waals surface area contributed by atoms with Gasteiger partial charge in [0.05, 0.1) is 5.60 Å². The van der Waals surface area contributed by atoms with Gasteiger partial charge in [0.25, 0.3) is 0 Å². The normalized spacial score (nSPS) is 15.2. The van der Waals surface area contributed by atoms with Crippen molar-refractivity contribution >= 4 is 21.1 Å². The van der Waals surface area contributed by atoms with Gasteiger partial charge < -0.3 is 14.8 Å². The lowest BCUT2D eigenvalue weighted by Gasteiger charge is -2.23. The highest BCUT2D eigenvalue weighted by molar-refractivity contribution is 7.89. The summed E-state index contributed by atoms with van der Waals surface area (Å²) in [6.07, 6.45) is 3.31. The Kier molecular flexibility index (Phi) is 4.62. The van der Waals surface area contributed by atoms with Crippen molar-refractivity contribution in [2.45, 2.75) is 23.8 Å². The third-order valence-corrected chi connectivity index (χ3v) is 4.63. The number of ether oxygens (including phenoxy) is 1. The summed E-state index contributed by atoms with van der Waals surface area (Å²) in [6.45, 7) is 1.82. The van der Waals surface area contributed by atoms with Gasteiger partial charge in [-0.1, -0.05) is 0 Å². The van der Waals surface area contributed by atoms with Crippen molar-refractivity contribution in [1.29, 1.82) is 0 Å². The third-order valence-electron chi connectivity index (χ3n) is 3.19. The zero-order chi connectivity index (χ0) is 15.5. The first-order valence-corrected chi connectivity index (χ1v) is 7.97. The van der Waals surface area contributed by atoms with Gasteiger partial charge in [-0.15, -0.1) is 0 Å². The van der Waals surface area contributed by atoms with Gasteiger partial charge in [-0.2, -0.15) is 0 Å². The maximum atomic E-state index is 12.3. The summed E-state index contributed by atoms with van der Waals surface area (Å²) < 4.78 is 32.0. The lowest BCUT2D eigenvalue weighted by atomic mass is 10.0. The molecule has 2 heterocycles. The average Bonchev–Trinajstić information content (AvgIpc) is 2.88.